The molecule has 238 valence electrons. The molecule has 2 aliphatic rings. The second kappa shape index (κ2) is 12.9. The number of halogens is 8. The van der Waals surface area contributed by atoms with Crippen molar-refractivity contribution in [2.24, 2.45) is 11.1 Å². The van der Waals surface area contributed by atoms with Crippen molar-refractivity contribution in [1.82, 2.24) is 9.80 Å². The van der Waals surface area contributed by atoms with E-state index in [1.54, 1.807) is 4.90 Å². The second-order valence-corrected chi connectivity index (χ2v) is 10.7. The van der Waals surface area contributed by atoms with Crippen LogP contribution in [-0.4, -0.2) is 74.7 Å². The number of alkyl halides is 6. The van der Waals surface area contributed by atoms with Crippen molar-refractivity contribution in [3.63, 3.8) is 0 Å². The van der Waals surface area contributed by atoms with E-state index in [-0.39, 0.29) is 44.0 Å². The lowest BCUT2D eigenvalue weighted by Gasteiger charge is -2.38. The second-order valence-electron chi connectivity index (χ2n) is 10.7. The van der Waals surface area contributed by atoms with E-state index < -0.39 is 58.4 Å². The summed E-state index contributed by atoms with van der Waals surface area (Å²) in [5.74, 6) is -1.26. The molecular formula is C28H32ClF7N4O3. The minimum absolute atomic E-state index is 0. The highest BCUT2D eigenvalue weighted by Crippen LogP contribution is 2.40. The Morgan fingerprint density at radius 1 is 0.953 bits per heavy atom. The quantitative estimate of drug-likeness (QED) is 0.437. The Morgan fingerprint density at radius 2 is 1.49 bits per heavy atom. The fourth-order valence-electron chi connectivity index (χ4n) is 5.61. The first kappa shape index (κ1) is 34.4. The number of hydrogen-bond acceptors (Lipinski definition) is 4. The van der Waals surface area contributed by atoms with Gasteiger partial charge in [0, 0.05) is 58.5 Å². The van der Waals surface area contributed by atoms with E-state index in [1.165, 1.54) is 36.2 Å². The molecule has 0 radical (unpaired) electrons. The Hall–Kier alpha value is -3.10. The number of carbonyl (C=O) groups is 2. The van der Waals surface area contributed by atoms with Crippen LogP contribution in [0.5, 0.6) is 0 Å². The van der Waals surface area contributed by atoms with Crippen LogP contribution in [-0.2, 0) is 21.9 Å². The van der Waals surface area contributed by atoms with Crippen molar-refractivity contribution in [3.05, 3.63) is 65.0 Å². The van der Waals surface area contributed by atoms with Crippen molar-refractivity contribution < 1.29 is 45.1 Å². The maximum atomic E-state index is 13.7. The number of likely N-dealkylation sites (tertiary alicyclic amines) is 1. The monoisotopic (exact) mass is 640 g/mol. The van der Waals surface area contributed by atoms with Gasteiger partial charge in [-0.05, 0) is 48.7 Å². The van der Waals surface area contributed by atoms with Gasteiger partial charge in [-0.15, -0.1) is 12.4 Å². The fourth-order valence-corrected chi connectivity index (χ4v) is 5.61. The van der Waals surface area contributed by atoms with Gasteiger partial charge in [-0.25, -0.2) is 9.18 Å². The minimum Gasteiger partial charge on any atom is -0.381 e. The third-order valence-electron chi connectivity index (χ3n) is 8.21. The number of ether oxygens (including phenoxy) is 1. The molecule has 2 heterocycles. The highest BCUT2D eigenvalue weighted by molar-refractivity contribution is 5.92. The molecule has 2 fully saturated rings. The molecule has 3 amide bonds. The third-order valence-corrected chi connectivity index (χ3v) is 8.21. The molecule has 0 aromatic heterocycles. The summed E-state index contributed by atoms with van der Waals surface area (Å²) in [6.45, 7) is 0.937. The van der Waals surface area contributed by atoms with Crippen molar-refractivity contribution in [2.75, 3.05) is 51.8 Å². The van der Waals surface area contributed by atoms with E-state index in [0.717, 1.165) is 7.05 Å². The molecule has 15 heteroatoms. The lowest BCUT2D eigenvalue weighted by molar-refractivity contribution is -0.146. The predicted octanol–water partition coefficient (Wildman–Crippen LogP) is 5.52. The zero-order valence-electron chi connectivity index (χ0n) is 23.3. The summed E-state index contributed by atoms with van der Waals surface area (Å²) in [4.78, 5) is 30.8. The van der Waals surface area contributed by atoms with Crippen LogP contribution in [0.4, 0.5) is 41.2 Å². The van der Waals surface area contributed by atoms with E-state index >= 15 is 0 Å². The van der Waals surface area contributed by atoms with E-state index in [1.807, 2.05) is 0 Å². The molecule has 0 aliphatic carbocycles. The van der Waals surface area contributed by atoms with Crippen LogP contribution in [0.15, 0.2) is 42.5 Å². The highest BCUT2D eigenvalue weighted by Gasteiger charge is 2.47. The van der Waals surface area contributed by atoms with Crippen LogP contribution >= 0.6 is 12.4 Å². The molecule has 2 aliphatic heterocycles. The number of anilines is 1. The van der Waals surface area contributed by atoms with E-state index in [0.29, 0.717) is 48.7 Å². The average Bonchev–Trinajstić information content (AvgIpc) is 3.40. The normalized spacial score (nSPS) is 20.4. The Bertz CT molecular complexity index is 1270. The van der Waals surface area contributed by atoms with Crippen molar-refractivity contribution >= 4 is 30.0 Å². The Balaban J connectivity index is 0.00000506. The standard InChI is InChI=1S/C28H31F7N4O3.ClH/c1-37(21-12-18(27(30,31)32)11-19(13-21)28(33,34)35)25(41)38(2)23-15-39(14-22(23)17-3-5-20(29)6-4-17)24(40)26(16-36)7-9-42-10-8-26;/h3-6,11-13,22-23H,7-10,14-16,36H2,1-2H3;1H/t22-,23+;/m0./s1. The smallest absolute Gasteiger partial charge is 0.381 e. The molecule has 0 spiro atoms. The van der Waals surface area contributed by atoms with Gasteiger partial charge in [-0.1, -0.05) is 12.1 Å². The summed E-state index contributed by atoms with van der Waals surface area (Å²) in [5, 5.41) is 0. The zero-order chi connectivity index (χ0) is 31.0. The van der Waals surface area contributed by atoms with Gasteiger partial charge in [0.15, 0.2) is 0 Å². The zero-order valence-corrected chi connectivity index (χ0v) is 24.2. The topological polar surface area (TPSA) is 79.1 Å². The Labute approximate surface area is 250 Å². The Morgan fingerprint density at radius 3 is 1.98 bits per heavy atom. The maximum Gasteiger partial charge on any atom is 0.416 e. The number of hydrogen-bond donors (Lipinski definition) is 1. The third kappa shape index (κ3) is 7.18. The van der Waals surface area contributed by atoms with Gasteiger partial charge in [0.25, 0.3) is 0 Å². The molecule has 0 saturated carbocycles. The number of nitrogens with zero attached hydrogens (tertiary/aromatic N) is 3. The van der Waals surface area contributed by atoms with Gasteiger partial charge >= 0.3 is 18.4 Å². The average molecular weight is 641 g/mol. The van der Waals surface area contributed by atoms with E-state index in [2.05, 4.69) is 0 Å². The van der Waals surface area contributed by atoms with Gasteiger partial charge in [0.1, 0.15) is 5.82 Å². The van der Waals surface area contributed by atoms with Crippen LogP contribution in [0, 0.1) is 11.2 Å². The molecule has 4 rings (SSSR count). The van der Waals surface area contributed by atoms with Gasteiger partial charge in [-0.2, -0.15) is 26.3 Å². The van der Waals surface area contributed by atoms with Gasteiger partial charge in [-0.3, -0.25) is 9.69 Å². The van der Waals surface area contributed by atoms with Crippen molar-refractivity contribution in [1.29, 1.82) is 0 Å². The van der Waals surface area contributed by atoms with Crippen molar-refractivity contribution in [2.45, 2.75) is 37.2 Å². The molecule has 2 atom stereocenters. The number of nitrogens with two attached hydrogens (primary N) is 1. The number of likely N-dealkylation sites (N-methyl/N-ethyl adjacent to an activating group) is 1. The molecule has 43 heavy (non-hydrogen) atoms. The van der Waals surface area contributed by atoms with Crippen LogP contribution in [0.1, 0.15) is 35.4 Å². The summed E-state index contributed by atoms with van der Waals surface area (Å²) < 4.78 is 99.8. The van der Waals surface area contributed by atoms with E-state index in [9.17, 15) is 40.3 Å². The molecule has 2 saturated heterocycles. The number of carbonyl (C=O) groups excluding carboxylic acids is 2. The van der Waals surface area contributed by atoms with Gasteiger partial charge in [0.2, 0.25) is 5.91 Å². The van der Waals surface area contributed by atoms with E-state index in [4.69, 9.17) is 10.5 Å². The predicted molar refractivity (Wildman–Crippen MR) is 146 cm³/mol. The molecule has 2 N–H and O–H groups in total. The molecule has 0 bridgehead atoms. The molecule has 2 aromatic rings. The first-order valence-electron chi connectivity index (χ1n) is 13.2. The Kier molecular flexibility index (Phi) is 10.3. The van der Waals surface area contributed by atoms with Crippen LogP contribution in [0.2, 0.25) is 0 Å². The SMILES string of the molecule is CN(C(=O)N(C)[C@@H]1CN(C(=O)C2(CN)CCOCC2)C[C@H]1c1ccc(F)cc1)c1cc(C(F)(F)F)cc(C(F)(F)F)c1.Cl. The largest absolute Gasteiger partial charge is 0.416 e. The van der Waals surface area contributed by atoms with Crippen LogP contribution in [0.3, 0.4) is 0 Å². The maximum absolute atomic E-state index is 13.7. The summed E-state index contributed by atoms with van der Waals surface area (Å²) in [7, 11) is 2.43. The van der Waals surface area contributed by atoms with Crippen LogP contribution < -0.4 is 10.6 Å². The first-order valence-corrected chi connectivity index (χ1v) is 13.2. The number of amides is 3. The summed E-state index contributed by atoms with van der Waals surface area (Å²) in [5.41, 5.74) is 2.04. The lowest BCUT2D eigenvalue weighted by Crippen LogP contribution is -2.51. The summed E-state index contributed by atoms with van der Waals surface area (Å²) in [6, 6.07) is 4.78. The molecule has 0 unspecified atom stereocenters. The lowest BCUT2D eigenvalue weighted by atomic mass is 9.79. The highest BCUT2D eigenvalue weighted by atomic mass is 35.5. The number of benzene rings is 2. The molecule has 2 aromatic carbocycles. The van der Waals surface area contributed by atoms with Crippen LogP contribution in [0.25, 0.3) is 0 Å². The number of rotatable bonds is 5. The number of urea groups is 1. The fraction of sp³-hybridized carbons (Fsp3) is 0.500. The summed E-state index contributed by atoms with van der Waals surface area (Å²) in [6.07, 6.45) is -9.37. The molecular weight excluding hydrogens is 609 g/mol. The molecule has 7 nitrogen and oxygen atoms in total. The van der Waals surface area contributed by atoms with Crippen molar-refractivity contribution in [3.8, 4) is 0 Å². The summed E-state index contributed by atoms with van der Waals surface area (Å²) >= 11 is 0. The first-order chi connectivity index (χ1) is 19.6. The van der Waals surface area contributed by atoms with Gasteiger partial charge < -0.3 is 20.3 Å². The van der Waals surface area contributed by atoms with Gasteiger partial charge in [0.05, 0.1) is 22.6 Å². The minimum atomic E-state index is -5.09.